The molecule has 0 fully saturated rings. The lowest BCUT2D eigenvalue weighted by Crippen LogP contribution is -2.15. The Morgan fingerprint density at radius 1 is 1.04 bits per heavy atom. The van der Waals surface area contributed by atoms with Crippen LogP contribution in [-0.2, 0) is 4.74 Å². The quantitative estimate of drug-likeness (QED) is 0.736. The number of carbonyl (C=O) groups is 1. The Bertz CT molecular complexity index is 736. The second-order valence-electron chi connectivity index (χ2n) is 4.88. The smallest absolute Gasteiger partial charge is 0.362 e. The van der Waals surface area contributed by atoms with Gasteiger partial charge in [0.25, 0.3) is 11.8 Å². The third kappa shape index (κ3) is 4.05. The van der Waals surface area contributed by atoms with E-state index in [-0.39, 0.29) is 28.7 Å². The zero-order valence-corrected chi connectivity index (χ0v) is 14.5. The minimum absolute atomic E-state index is 0.0147. The van der Waals surface area contributed by atoms with E-state index in [0.717, 1.165) is 0 Å². The number of methoxy groups -OCH3 is 2. The van der Waals surface area contributed by atoms with Crippen molar-refractivity contribution < 1.29 is 23.7 Å². The molecule has 0 saturated heterocycles. The van der Waals surface area contributed by atoms with Gasteiger partial charge in [0.1, 0.15) is 0 Å². The van der Waals surface area contributed by atoms with Gasteiger partial charge in [0.05, 0.1) is 20.3 Å². The van der Waals surface area contributed by atoms with Crippen molar-refractivity contribution in [2.75, 3.05) is 14.2 Å². The summed E-state index contributed by atoms with van der Waals surface area (Å²) >= 11 is 6.08. The molecule has 128 valence electrons. The molecule has 0 atom stereocenters. The molecule has 0 aliphatic rings. The second kappa shape index (κ2) is 7.83. The molecule has 7 nitrogen and oxygen atoms in total. The Morgan fingerprint density at radius 2 is 1.71 bits per heavy atom. The Morgan fingerprint density at radius 3 is 2.29 bits per heavy atom. The number of halogens is 1. The number of hydrogen-bond donors (Lipinski definition) is 0. The highest BCUT2D eigenvalue weighted by molar-refractivity contribution is 6.30. The monoisotopic (exact) mass is 352 g/mol. The molecule has 2 aromatic rings. The lowest BCUT2D eigenvalue weighted by atomic mass is 10.3. The van der Waals surface area contributed by atoms with Crippen LogP contribution in [0.3, 0.4) is 0 Å². The Balaban J connectivity index is 2.37. The molecule has 2 rings (SSSR count). The van der Waals surface area contributed by atoms with E-state index in [4.69, 9.17) is 30.5 Å². The number of rotatable bonds is 6. The van der Waals surface area contributed by atoms with E-state index in [1.165, 1.54) is 14.2 Å². The van der Waals surface area contributed by atoms with E-state index < -0.39 is 5.97 Å². The zero-order chi connectivity index (χ0) is 17.7. The third-order valence-electron chi connectivity index (χ3n) is 2.80. The molecule has 0 spiro atoms. The van der Waals surface area contributed by atoms with Crippen LogP contribution in [0.25, 0.3) is 0 Å². The molecule has 0 aliphatic heterocycles. The summed E-state index contributed by atoms with van der Waals surface area (Å²) in [5.41, 5.74) is -0.122. The first-order chi connectivity index (χ1) is 11.5. The van der Waals surface area contributed by atoms with Crippen molar-refractivity contribution in [3.8, 4) is 23.3 Å². The van der Waals surface area contributed by atoms with Gasteiger partial charge in [-0.1, -0.05) is 23.7 Å². The predicted molar refractivity (Wildman–Crippen MR) is 87.2 cm³/mol. The van der Waals surface area contributed by atoms with E-state index in [9.17, 15) is 4.79 Å². The molecule has 8 heteroatoms. The lowest BCUT2D eigenvalue weighted by Gasteiger charge is -2.13. The van der Waals surface area contributed by atoms with Crippen molar-refractivity contribution in [3.63, 3.8) is 0 Å². The molecule has 0 saturated carbocycles. The highest BCUT2D eigenvalue weighted by Crippen LogP contribution is 2.34. The summed E-state index contributed by atoms with van der Waals surface area (Å²) in [6.07, 6.45) is -0.313. The molecule has 24 heavy (non-hydrogen) atoms. The summed E-state index contributed by atoms with van der Waals surface area (Å²) in [5, 5.41) is -0.0996. The molecule has 0 radical (unpaired) electrons. The van der Waals surface area contributed by atoms with Crippen molar-refractivity contribution in [2.24, 2.45) is 0 Å². The Labute approximate surface area is 144 Å². The summed E-state index contributed by atoms with van der Waals surface area (Å²) in [6.45, 7) is 3.44. The van der Waals surface area contributed by atoms with Crippen molar-refractivity contribution in [3.05, 3.63) is 35.1 Å². The van der Waals surface area contributed by atoms with Crippen LogP contribution in [0.4, 0.5) is 0 Å². The molecule has 0 bridgehead atoms. The summed E-state index contributed by atoms with van der Waals surface area (Å²) in [4.78, 5) is 20.1. The van der Waals surface area contributed by atoms with Gasteiger partial charge in [-0.3, -0.25) is 0 Å². The second-order valence-corrected chi connectivity index (χ2v) is 5.24. The Hall–Kier alpha value is -2.54. The number of nitrogens with zero attached hydrogens (tertiary/aromatic N) is 2. The molecule has 0 N–H and O–H groups in total. The number of aromatic nitrogens is 2. The van der Waals surface area contributed by atoms with Crippen LogP contribution in [0.15, 0.2) is 24.3 Å². The van der Waals surface area contributed by atoms with Gasteiger partial charge in [-0.25, -0.2) is 9.78 Å². The van der Waals surface area contributed by atoms with Crippen molar-refractivity contribution in [1.82, 2.24) is 9.97 Å². The van der Waals surface area contributed by atoms with Gasteiger partial charge in [0, 0.05) is 0 Å². The zero-order valence-electron chi connectivity index (χ0n) is 13.7. The fraction of sp³-hybridized carbons (Fsp3) is 0.312. The maximum atomic E-state index is 12.0. The van der Waals surface area contributed by atoms with Crippen molar-refractivity contribution >= 4 is 17.6 Å². The molecule has 0 aliphatic carbocycles. The van der Waals surface area contributed by atoms with Gasteiger partial charge in [0.15, 0.2) is 16.7 Å². The summed E-state index contributed by atoms with van der Waals surface area (Å²) in [6, 6.07) is 6.97. The fourth-order valence-electron chi connectivity index (χ4n) is 1.80. The third-order valence-corrected chi connectivity index (χ3v) is 3.04. The average Bonchev–Trinajstić information content (AvgIpc) is 2.56. The van der Waals surface area contributed by atoms with Crippen LogP contribution in [0, 0.1) is 0 Å². The van der Waals surface area contributed by atoms with E-state index in [2.05, 4.69) is 9.97 Å². The van der Waals surface area contributed by atoms with Crippen LogP contribution in [0.5, 0.6) is 23.3 Å². The summed E-state index contributed by atoms with van der Waals surface area (Å²) in [5.74, 6) is 0.155. The standard InChI is InChI=1S/C16H17ClN2O5/c1-9(2)23-16(20)12-14(22-4)19-15(13(17)18-12)24-11-8-6-5-7-10(11)21-3/h5-9H,1-4H3. The number of ether oxygens (including phenoxy) is 4. The topological polar surface area (TPSA) is 79.8 Å². The van der Waals surface area contributed by atoms with Gasteiger partial charge in [-0.05, 0) is 26.0 Å². The maximum Gasteiger partial charge on any atom is 0.362 e. The maximum absolute atomic E-state index is 12.0. The van der Waals surface area contributed by atoms with E-state index >= 15 is 0 Å². The minimum Gasteiger partial charge on any atom is -0.493 e. The molecule has 0 amide bonds. The lowest BCUT2D eigenvalue weighted by molar-refractivity contribution is 0.0365. The highest BCUT2D eigenvalue weighted by atomic mass is 35.5. The van der Waals surface area contributed by atoms with Crippen molar-refractivity contribution in [2.45, 2.75) is 20.0 Å². The molecular weight excluding hydrogens is 336 g/mol. The average molecular weight is 353 g/mol. The molecule has 1 aromatic heterocycles. The number of esters is 1. The number of hydrogen-bond acceptors (Lipinski definition) is 7. The van der Waals surface area contributed by atoms with Gasteiger partial charge in [-0.15, -0.1) is 0 Å². The van der Waals surface area contributed by atoms with Gasteiger partial charge >= 0.3 is 5.97 Å². The van der Waals surface area contributed by atoms with Gasteiger partial charge in [0.2, 0.25) is 5.69 Å². The molecular formula is C16H17ClN2O5. The van der Waals surface area contributed by atoms with Gasteiger partial charge in [-0.2, -0.15) is 4.98 Å². The van der Waals surface area contributed by atoms with E-state index in [1.54, 1.807) is 38.1 Å². The van der Waals surface area contributed by atoms with E-state index in [0.29, 0.717) is 11.5 Å². The molecule has 1 aromatic carbocycles. The first-order valence-electron chi connectivity index (χ1n) is 7.09. The largest absolute Gasteiger partial charge is 0.493 e. The van der Waals surface area contributed by atoms with Crippen molar-refractivity contribution in [1.29, 1.82) is 0 Å². The first kappa shape index (κ1) is 17.8. The van der Waals surface area contributed by atoms with Crippen LogP contribution < -0.4 is 14.2 Å². The summed E-state index contributed by atoms with van der Waals surface area (Å²) in [7, 11) is 2.87. The van der Waals surface area contributed by atoms with Crippen LogP contribution >= 0.6 is 11.6 Å². The minimum atomic E-state index is -0.680. The fourth-order valence-corrected chi connectivity index (χ4v) is 1.97. The van der Waals surface area contributed by atoms with Gasteiger partial charge < -0.3 is 18.9 Å². The number of para-hydroxylation sites is 2. The Kier molecular flexibility index (Phi) is 5.81. The SMILES string of the molecule is COc1ccccc1Oc1nc(OC)c(C(=O)OC(C)C)nc1Cl. The van der Waals surface area contributed by atoms with E-state index in [1.807, 2.05) is 0 Å². The van der Waals surface area contributed by atoms with Crippen LogP contribution in [-0.4, -0.2) is 36.3 Å². The van der Waals surface area contributed by atoms with Crippen LogP contribution in [0.1, 0.15) is 24.3 Å². The number of benzene rings is 1. The summed E-state index contributed by atoms with van der Waals surface area (Å²) < 4.78 is 21.0. The predicted octanol–water partition coefficient (Wildman–Crippen LogP) is 3.50. The number of carbonyl (C=O) groups excluding carboxylic acids is 1. The highest BCUT2D eigenvalue weighted by Gasteiger charge is 2.23. The molecule has 0 unspecified atom stereocenters. The first-order valence-corrected chi connectivity index (χ1v) is 7.47. The normalized spacial score (nSPS) is 10.4. The van der Waals surface area contributed by atoms with Crippen LogP contribution in [0.2, 0.25) is 5.15 Å². The molecule has 1 heterocycles.